The Morgan fingerprint density at radius 3 is 1.23 bits per heavy atom. The molecule has 0 fully saturated rings. The molecule has 0 aliphatic rings. The second-order valence-electron chi connectivity index (χ2n) is 12.8. The molecule has 56 heavy (non-hydrogen) atoms. The van der Waals surface area contributed by atoms with Gasteiger partial charge in [0.05, 0.1) is 32.4 Å². The second kappa shape index (κ2) is 17.4. The molecule has 0 bridgehead atoms. The zero-order valence-corrected chi connectivity index (χ0v) is 31.1. The van der Waals surface area contributed by atoms with Gasteiger partial charge in [-0.15, -0.1) is 0 Å². The van der Waals surface area contributed by atoms with Crippen molar-refractivity contribution in [3.63, 3.8) is 0 Å². The van der Waals surface area contributed by atoms with Crippen LogP contribution in [0.15, 0.2) is 170 Å². The lowest BCUT2D eigenvalue weighted by Crippen LogP contribution is -2.09. The van der Waals surface area contributed by atoms with Gasteiger partial charge in [0.1, 0.15) is 11.5 Å². The summed E-state index contributed by atoms with van der Waals surface area (Å²) in [4.78, 5) is 8.19. The Balaban J connectivity index is 1.10. The highest BCUT2D eigenvalue weighted by atomic mass is 16.5. The maximum atomic E-state index is 10.1. The van der Waals surface area contributed by atoms with E-state index in [1.54, 1.807) is 26.4 Å². The Labute approximate surface area is 328 Å². The van der Waals surface area contributed by atoms with Crippen LogP contribution >= 0.6 is 0 Å². The van der Waals surface area contributed by atoms with Gasteiger partial charge in [0.25, 0.3) is 0 Å². The van der Waals surface area contributed by atoms with Gasteiger partial charge in [0.2, 0.25) is 0 Å². The summed E-state index contributed by atoms with van der Waals surface area (Å²) in [5.41, 5.74) is 10.4. The van der Waals surface area contributed by atoms with Crippen LogP contribution in [0.4, 0.5) is 39.8 Å². The van der Waals surface area contributed by atoms with Crippen LogP contribution in [0, 0.1) is 17.9 Å². The summed E-state index contributed by atoms with van der Waals surface area (Å²) in [6.45, 7) is 7.94. The fourth-order valence-corrected chi connectivity index (χ4v) is 6.44. The average molecular weight is 727 g/mol. The first-order valence-electron chi connectivity index (χ1n) is 18.1. The van der Waals surface area contributed by atoms with Gasteiger partial charge in [-0.2, -0.15) is 5.26 Å². The van der Waals surface area contributed by atoms with Crippen molar-refractivity contribution < 1.29 is 9.47 Å². The molecule has 270 valence electrons. The first kappa shape index (κ1) is 36.6. The van der Waals surface area contributed by atoms with Gasteiger partial charge in [-0.3, -0.25) is 0 Å². The minimum Gasteiger partial charge on any atom is -0.497 e. The number of hydrogen-bond donors (Lipinski definition) is 0. The van der Waals surface area contributed by atoms with E-state index in [-0.39, 0.29) is 0 Å². The highest BCUT2D eigenvalue weighted by Gasteiger charge is 2.14. The molecule has 0 saturated heterocycles. The molecule has 0 radical (unpaired) electrons. The molecule has 0 aliphatic heterocycles. The molecule has 0 aromatic heterocycles. The Morgan fingerprint density at radius 2 is 0.857 bits per heavy atom. The van der Waals surface area contributed by atoms with E-state index in [1.807, 2.05) is 133 Å². The number of para-hydroxylation sites is 2. The molecular weight excluding hydrogens is 689 g/mol. The zero-order valence-electron chi connectivity index (χ0n) is 31.1. The molecule has 0 saturated carbocycles. The topological polar surface area (TPSA) is 53.1 Å². The van der Waals surface area contributed by atoms with Crippen LogP contribution in [-0.4, -0.2) is 14.2 Å². The Bertz CT molecular complexity index is 2350. The van der Waals surface area contributed by atoms with E-state index in [9.17, 15) is 5.26 Å². The number of anilines is 6. The first-order chi connectivity index (χ1) is 27.6. The smallest absolute Gasteiger partial charge is 0.194 e. The van der Waals surface area contributed by atoms with Gasteiger partial charge in [-0.1, -0.05) is 85.0 Å². The molecule has 0 aliphatic carbocycles. The van der Waals surface area contributed by atoms with Crippen LogP contribution in [0.1, 0.15) is 27.8 Å². The van der Waals surface area contributed by atoms with Crippen molar-refractivity contribution in [2.24, 2.45) is 0 Å². The summed E-state index contributed by atoms with van der Waals surface area (Å²) in [6.07, 6.45) is 7.73. The van der Waals surface area contributed by atoms with E-state index in [1.165, 1.54) is 0 Å². The molecule has 0 atom stereocenters. The number of hydrogen-bond acceptors (Lipinski definition) is 5. The molecular formula is C50H38N4O2. The van der Waals surface area contributed by atoms with Gasteiger partial charge in [-0.05, 0) is 131 Å². The fraction of sp³-hybridized carbons (Fsp3) is 0.0400. The van der Waals surface area contributed by atoms with Crippen molar-refractivity contribution in [2.45, 2.75) is 0 Å². The van der Waals surface area contributed by atoms with Crippen LogP contribution in [0.3, 0.4) is 0 Å². The predicted octanol–water partition coefficient (Wildman–Crippen LogP) is 13.4. The van der Waals surface area contributed by atoms with Crippen molar-refractivity contribution in [1.29, 1.82) is 5.26 Å². The quantitative estimate of drug-likeness (QED) is 0.0927. The summed E-state index contributed by atoms with van der Waals surface area (Å²) in [6, 6.07) is 58.8. The lowest BCUT2D eigenvalue weighted by molar-refractivity contribution is 0.414. The van der Waals surface area contributed by atoms with Crippen molar-refractivity contribution in [1.82, 2.24) is 0 Å². The minimum absolute atomic E-state index is 0.472. The third-order valence-corrected chi connectivity index (χ3v) is 9.34. The average Bonchev–Trinajstić information content (AvgIpc) is 3.27. The number of ether oxygens (including phenoxy) is 2. The Morgan fingerprint density at radius 1 is 0.482 bits per heavy atom. The summed E-state index contributed by atoms with van der Waals surface area (Å²) in [5, 5.41) is 10.1. The normalized spacial score (nSPS) is 10.9. The molecule has 0 amide bonds. The minimum atomic E-state index is 0.472. The molecule has 7 aromatic carbocycles. The molecule has 7 aromatic rings. The van der Waals surface area contributed by atoms with E-state index < -0.39 is 0 Å². The van der Waals surface area contributed by atoms with Crippen LogP contribution in [0.25, 0.3) is 29.1 Å². The number of nitrogens with zero attached hydrogens (tertiary/aromatic N) is 4. The van der Waals surface area contributed by atoms with Crippen LogP contribution in [0.2, 0.25) is 0 Å². The molecule has 6 heteroatoms. The van der Waals surface area contributed by atoms with Crippen LogP contribution in [-0.2, 0) is 0 Å². The lowest BCUT2D eigenvalue weighted by atomic mass is 10.0. The third kappa shape index (κ3) is 8.37. The predicted molar refractivity (Wildman–Crippen MR) is 231 cm³/mol. The van der Waals surface area contributed by atoms with E-state index in [0.717, 1.165) is 56.8 Å². The Kier molecular flexibility index (Phi) is 11.3. The number of rotatable bonds is 12. The van der Waals surface area contributed by atoms with Crippen molar-refractivity contribution in [3.8, 4) is 17.6 Å². The molecule has 0 N–H and O–H groups in total. The maximum Gasteiger partial charge on any atom is 0.194 e. The van der Waals surface area contributed by atoms with E-state index in [4.69, 9.17) is 16.0 Å². The van der Waals surface area contributed by atoms with E-state index >= 15 is 0 Å². The van der Waals surface area contributed by atoms with Gasteiger partial charge in [0.15, 0.2) is 5.69 Å². The highest BCUT2D eigenvalue weighted by Crippen LogP contribution is 2.37. The molecule has 0 spiro atoms. The largest absolute Gasteiger partial charge is 0.497 e. The highest BCUT2D eigenvalue weighted by molar-refractivity contribution is 5.84. The maximum absolute atomic E-state index is 10.1. The number of benzene rings is 7. The number of methoxy groups -OCH3 is 2. The van der Waals surface area contributed by atoms with Crippen molar-refractivity contribution in [3.05, 3.63) is 209 Å². The molecule has 6 nitrogen and oxygen atoms in total. The summed E-state index contributed by atoms with van der Waals surface area (Å²) < 4.78 is 10.8. The number of nitriles is 1. The zero-order chi connectivity index (χ0) is 38.7. The first-order valence-corrected chi connectivity index (χ1v) is 18.1. The van der Waals surface area contributed by atoms with Gasteiger partial charge >= 0.3 is 0 Å². The van der Waals surface area contributed by atoms with Crippen LogP contribution in [0.5, 0.6) is 11.5 Å². The lowest BCUT2D eigenvalue weighted by Gasteiger charge is -2.25. The van der Waals surface area contributed by atoms with Gasteiger partial charge in [0, 0.05) is 34.1 Å². The second-order valence-corrected chi connectivity index (χ2v) is 12.8. The van der Waals surface area contributed by atoms with Crippen molar-refractivity contribution >= 4 is 64.1 Å². The standard InChI is InChI=1S/C50H38N4O2/c1-52-50-35-39(20-14-37-16-22-44(23-17-37)53(42-10-6-4-7-11-42)46-26-30-48(55-2)31-27-46)41(36-51)34-40(50)21-15-38-18-24-45(25-19-38)54(43-12-8-5-9-13-43)47-28-32-49(56-3)33-29-47/h4-35H,2-3H3/b20-14-,21-15-. The Hall–Kier alpha value is -7.80. The summed E-state index contributed by atoms with van der Waals surface area (Å²) in [5.74, 6) is 1.60. The monoisotopic (exact) mass is 726 g/mol. The third-order valence-electron chi connectivity index (χ3n) is 9.34. The van der Waals surface area contributed by atoms with E-state index in [0.29, 0.717) is 22.4 Å². The van der Waals surface area contributed by atoms with E-state index in [2.05, 4.69) is 69.2 Å². The molecule has 7 rings (SSSR count). The summed E-state index contributed by atoms with van der Waals surface area (Å²) in [7, 11) is 3.33. The van der Waals surface area contributed by atoms with Gasteiger partial charge in [-0.25, -0.2) is 4.85 Å². The fourth-order valence-electron chi connectivity index (χ4n) is 6.44. The molecule has 0 heterocycles. The molecule has 0 unspecified atom stereocenters. The van der Waals surface area contributed by atoms with Gasteiger partial charge < -0.3 is 19.3 Å². The van der Waals surface area contributed by atoms with Crippen LogP contribution < -0.4 is 19.3 Å². The summed E-state index contributed by atoms with van der Waals surface area (Å²) >= 11 is 0. The van der Waals surface area contributed by atoms with Crippen molar-refractivity contribution in [2.75, 3.05) is 24.0 Å². The SMILES string of the molecule is [C-]#[N+]c1cc(/C=C\c2ccc(N(c3ccccc3)c3ccc(OC)cc3)cc2)c(C#N)cc1/C=C\c1ccc(N(c2ccccc2)c2ccc(OC)cc2)cc1.